The van der Waals surface area contributed by atoms with E-state index < -0.39 is 11.0 Å². The van der Waals surface area contributed by atoms with E-state index in [4.69, 9.17) is 0 Å². The summed E-state index contributed by atoms with van der Waals surface area (Å²) >= 11 is 3.59. The fourth-order valence-electron chi connectivity index (χ4n) is 5.12. The van der Waals surface area contributed by atoms with Crippen LogP contribution in [0, 0.1) is 5.92 Å². The smallest absolute Gasteiger partial charge is 0.147 e. The highest BCUT2D eigenvalue weighted by Crippen LogP contribution is 2.48. The lowest BCUT2D eigenvalue weighted by molar-refractivity contribution is -0.134. The van der Waals surface area contributed by atoms with E-state index in [9.17, 15) is 9.90 Å². The van der Waals surface area contributed by atoms with Crippen molar-refractivity contribution in [3.63, 3.8) is 0 Å². The maximum Gasteiger partial charge on any atom is 0.147 e. The molecule has 0 amide bonds. The van der Waals surface area contributed by atoms with Gasteiger partial charge in [-0.2, -0.15) is 0 Å². The molecule has 136 valence electrons. The van der Waals surface area contributed by atoms with Gasteiger partial charge in [0.15, 0.2) is 0 Å². The third-order valence-electron chi connectivity index (χ3n) is 6.25. The van der Waals surface area contributed by atoms with E-state index in [0.29, 0.717) is 12.2 Å². The normalized spacial score (nSPS) is 31.0. The molecule has 0 spiro atoms. The molecule has 26 heavy (non-hydrogen) atoms. The second-order valence-electron chi connectivity index (χ2n) is 8.37. The first-order valence-corrected chi connectivity index (χ1v) is 10.3. The van der Waals surface area contributed by atoms with Crippen LogP contribution in [0.3, 0.4) is 0 Å². The lowest BCUT2D eigenvalue weighted by Crippen LogP contribution is -2.50. The summed E-state index contributed by atoms with van der Waals surface area (Å²) in [5.74, 6) is 0.229. The van der Waals surface area contributed by atoms with Crippen molar-refractivity contribution in [2.75, 3.05) is 0 Å². The Balaban J connectivity index is 1.86. The third kappa shape index (κ3) is 3.16. The summed E-state index contributed by atoms with van der Waals surface area (Å²) in [6.45, 7) is 1.89. The molecule has 1 unspecified atom stereocenters. The molecular weight excluding hydrogens is 388 g/mol. The van der Waals surface area contributed by atoms with E-state index in [1.807, 2.05) is 25.1 Å². The number of Topliss-reactive ketones (excluding diaryl/α,β-unsaturated/α-hetero) is 1. The largest absolute Gasteiger partial charge is 0.390 e. The van der Waals surface area contributed by atoms with Gasteiger partial charge in [-0.05, 0) is 74.3 Å². The molecule has 1 fully saturated rings. The van der Waals surface area contributed by atoms with Crippen molar-refractivity contribution >= 4 is 21.7 Å². The van der Waals surface area contributed by atoms with Gasteiger partial charge in [0.2, 0.25) is 0 Å². The average Bonchev–Trinajstić information content (AvgIpc) is 2.59. The molecule has 1 N–H and O–H groups in total. The van der Waals surface area contributed by atoms with Gasteiger partial charge in [0.1, 0.15) is 5.78 Å². The van der Waals surface area contributed by atoms with Crippen LogP contribution in [0.15, 0.2) is 53.0 Å². The number of aliphatic hydroxyl groups is 1. The minimum atomic E-state index is -0.747. The lowest BCUT2D eigenvalue weighted by Gasteiger charge is -2.45. The molecule has 1 saturated carbocycles. The van der Waals surface area contributed by atoms with Crippen LogP contribution >= 0.6 is 15.9 Å². The minimum Gasteiger partial charge on any atom is -0.390 e. The number of fused-ring (bicyclic) bond motifs is 4. The number of halogens is 1. The molecule has 0 heterocycles. The summed E-state index contributed by atoms with van der Waals surface area (Å²) in [4.78, 5) is 13.7. The minimum absolute atomic E-state index is 0.101. The predicted octanol–water partition coefficient (Wildman–Crippen LogP) is 5.00. The number of carbonyl (C=O) groups excluding carboxylic acids is 1. The Morgan fingerprint density at radius 3 is 2.69 bits per heavy atom. The summed E-state index contributed by atoms with van der Waals surface area (Å²) in [6.07, 6.45) is 4.49. The van der Waals surface area contributed by atoms with Crippen molar-refractivity contribution in [2.24, 2.45) is 5.92 Å². The fraction of sp³-hybridized carbons (Fsp3) is 0.435. The summed E-state index contributed by atoms with van der Waals surface area (Å²) in [7, 11) is 0. The van der Waals surface area contributed by atoms with Gasteiger partial charge in [-0.3, -0.25) is 4.79 Å². The maximum atomic E-state index is 13.7. The number of hydrogen-bond acceptors (Lipinski definition) is 2. The van der Waals surface area contributed by atoms with Crippen LogP contribution in [0.4, 0.5) is 0 Å². The number of benzene rings is 2. The van der Waals surface area contributed by atoms with Crippen LogP contribution in [-0.4, -0.2) is 16.5 Å². The molecule has 2 aliphatic rings. The molecule has 2 aromatic rings. The third-order valence-corrected chi connectivity index (χ3v) is 6.74. The first kappa shape index (κ1) is 17.9. The molecule has 0 saturated heterocycles. The van der Waals surface area contributed by atoms with Crippen molar-refractivity contribution in [2.45, 2.75) is 56.5 Å². The van der Waals surface area contributed by atoms with Gasteiger partial charge < -0.3 is 5.11 Å². The highest BCUT2D eigenvalue weighted by atomic mass is 79.9. The zero-order chi connectivity index (χ0) is 18.4. The Morgan fingerprint density at radius 2 is 1.92 bits per heavy atom. The van der Waals surface area contributed by atoms with Gasteiger partial charge in [0, 0.05) is 10.4 Å². The SMILES string of the molecule is C[C@@]1(O)CCC[C@]2(Cc3ccccc3)C(=O)C(Cc3cc(Br)ccc32)C1. The molecule has 4 rings (SSSR count). The zero-order valence-corrected chi connectivity index (χ0v) is 16.8. The summed E-state index contributed by atoms with van der Waals surface area (Å²) < 4.78 is 1.06. The topological polar surface area (TPSA) is 37.3 Å². The molecule has 2 nitrogen and oxygen atoms in total. The van der Waals surface area contributed by atoms with E-state index in [-0.39, 0.29) is 5.92 Å². The molecular formula is C23H25BrO2. The summed E-state index contributed by atoms with van der Waals surface area (Å²) in [6, 6.07) is 16.8. The number of hydrogen-bond donors (Lipinski definition) is 1. The number of rotatable bonds is 2. The molecule has 3 atom stereocenters. The standard InChI is InChI=1S/C23H25BrO2/c1-22(26)10-5-11-23(14-16-6-3-2-4-7-16)20-9-8-19(24)13-17(20)12-18(15-22)21(23)25/h2-4,6-9,13,18,26H,5,10-12,14-15H2,1H3/t18?,22-,23-/m1/s1. The molecule has 2 aromatic carbocycles. The Labute approximate surface area is 163 Å². The Morgan fingerprint density at radius 1 is 1.15 bits per heavy atom. The first-order chi connectivity index (χ1) is 12.4. The highest BCUT2D eigenvalue weighted by molar-refractivity contribution is 9.10. The number of ketones is 1. The van der Waals surface area contributed by atoms with Gasteiger partial charge in [0.25, 0.3) is 0 Å². The van der Waals surface area contributed by atoms with E-state index in [1.165, 1.54) is 16.7 Å². The van der Waals surface area contributed by atoms with Gasteiger partial charge >= 0.3 is 0 Å². The highest BCUT2D eigenvalue weighted by Gasteiger charge is 2.50. The van der Waals surface area contributed by atoms with Crippen molar-refractivity contribution in [1.29, 1.82) is 0 Å². The molecule has 0 aliphatic heterocycles. The maximum absolute atomic E-state index is 13.7. The molecule has 2 bridgehead atoms. The second-order valence-corrected chi connectivity index (χ2v) is 9.28. The zero-order valence-electron chi connectivity index (χ0n) is 15.2. The van der Waals surface area contributed by atoms with Crippen LogP contribution in [-0.2, 0) is 23.1 Å². The Bertz CT molecular complexity index is 827. The first-order valence-electron chi connectivity index (χ1n) is 9.49. The molecule has 0 aromatic heterocycles. The van der Waals surface area contributed by atoms with Gasteiger partial charge in [0.05, 0.1) is 11.0 Å². The molecule has 3 heteroatoms. The van der Waals surface area contributed by atoms with Crippen LogP contribution < -0.4 is 0 Å². The second kappa shape index (κ2) is 6.61. The summed E-state index contributed by atoms with van der Waals surface area (Å²) in [5, 5.41) is 10.7. The average molecular weight is 413 g/mol. The Hall–Kier alpha value is -1.45. The van der Waals surface area contributed by atoms with Gasteiger partial charge in [-0.15, -0.1) is 0 Å². The summed E-state index contributed by atoms with van der Waals surface area (Å²) in [5.41, 5.74) is 2.46. The van der Waals surface area contributed by atoms with Crippen molar-refractivity contribution in [3.8, 4) is 0 Å². The van der Waals surface area contributed by atoms with Crippen molar-refractivity contribution in [1.82, 2.24) is 0 Å². The fourth-order valence-corrected chi connectivity index (χ4v) is 5.53. The van der Waals surface area contributed by atoms with Crippen LogP contribution in [0.2, 0.25) is 0 Å². The van der Waals surface area contributed by atoms with Crippen molar-refractivity contribution < 1.29 is 9.90 Å². The van der Waals surface area contributed by atoms with Gasteiger partial charge in [-0.1, -0.05) is 52.3 Å². The van der Waals surface area contributed by atoms with Crippen LogP contribution in [0.5, 0.6) is 0 Å². The quantitative estimate of drug-likeness (QED) is 0.753. The van der Waals surface area contributed by atoms with E-state index in [0.717, 1.165) is 36.6 Å². The van der Waals surface area contributed by atoms with E-state index in [2.05, 4.69) is 46.3 Å². The van der Waals surface area contributed by atoms with E-state index in [1.54, 1.807) is 0 Å². The monoisotopic (exact) mass is 412 g/mol. The number of carbonyl (C=O) groups is 1. The van der Waals surface area contributed by atoms with Gasteiger partial charge in [-0.25, -0.2) is 0 Å². The Kier molecular flexibility index (Phi) is 4.56. The molecule has 0 radical (unpaired) electrons. The van der Waals surface area contributed by atoms with Crippen molar-refractivity contribution in [3.05, 3.63) is 69.7 Å². The predicted molar refractivity (Wildman–Crippen MR) is 107 cm³/mol. The van der Waals surface area contributed by atoms with Crippen LogP contribution in [0.25, 0.3) is 0 Å². The lowest BCUT2D eigenvalue weighted by atomic mass is 9.57. The van der Waals surface area contributed by atoms with E-state index >= 15 is 0 Å². The van der Waals surface area contributed by atoms with Crippen LogP contribution in [0.1, 0.15) is 49.3 Å². The molecule has 2 aliphatic carbocycles.